The number of imidazole rings is 1. The van der Waals surface area contributed by atoms with Crippen LogP contribution in [0.4, 0.5) is 17.6 Å². The maximum absolute atomic E-state index is 11.7. The average Bonchev–Trinajstić information content (AvgIpc) is 3.17. The standard InChI is InChI=1S/C24H30ClN7O2/c1-14-13-34-10-9-19(14)29-23-27-12-20-22(31-23)32(18-7-5-15(6-8-18)21(26)33)24(30-20)28-17-4-2-3-16(25)11-17/h2-4,11-12,14-15,18-19H,5-10,13H2,1H3,(H2,26,33)(H,28,30)(H,27,29,31)/t14-,15?,18?,19+/m1/s1. The number of anilines is 3. The summed E-state index contributed by atoms with van der Waals surface area (Å²) in [5.41, 5.74) is 7.89. The molecule has 1 saturated heterocycles. The maximum Gasteiger partial charge on any atom is 0.224 e. The van der Waals surface area contributed by atoms with Crippen LogP contribution in [0.25, 0.3) is 11.2 Å². The molecule has 34 heavy (non-hydrogen) atoms. The Morgan fingerprint density at radius 2 is 2.03 bits per heavy atom. The Balaban J connectivity index is 1.49. The van der Waals surface area contributed by atoms with Gasteiger partial charge in [-0.05, 0) is 56.2 Å². The molecule has 10 heteroatoms. The van der Waals surface area contributed by atoms with Gasteiger partial charge in [-0.15, -0.1) is 0 Å². The van der Waals surface area contributed by atoms with Gasteiger partial charge in [-0.3, -0.25) is 9.36 Å². The van der Waals surface area contributed by atoms with Crippen LogP contribution in [-0.2, 0) is 9.53 Å². The molecule has 3 heterocycles. The molecule has 1 amide bonds. The number of nitrogens with two attached hydrogens (primary N) is 1. The van der Waals surface area contributed by atoms with Crippen molar-refractivity contribution in [1.29, 1.82) is 0 Å². The van der Waals surface area contributed by atoms with Gasteiger partial charge in [0.1, 0.15) is 5.52 Å². The minimum absolute atomic E-state index is 0.0720. The van der Waals surface area contributed by atoms with Crippen LogP contribution in [0.1, 0.15) is 45.1 Å². The van der Waals surface area contributed by atoms with Gasteiger partial charge in [0, 0.05) is 35.3 Å². The third kappa shape index (κ3) is 4.81. The first-order chi connectivity index (χ1) is 16.5. The molecule has 1 aromatic carbocycles. The van der Waals surface area contributed by atoms with Crippen molar-refractivity contribution in [3.8, 4) is 0 Å². The van der Waals surface area contributed by atoms with E-state index in [1.807, 2.05) is 24.3 Å². The fraction of sp³-hybridized carbons (Fsp3) is 0.500. The quantitative estimate of drug-likeness (QED) is 0.478. The van der Waals surface area contributed by atoms with Crippen molar-refractivity contribution >= 4 is 46.3 Å². The highest BCUT2D eigenvalue weighted by molar-refractivity contribution is 6.30. The van der Waals surface area contributed by atoms with Crippen LogP contribution in [-0.4, -0.2) is 44.7 Å². The Morgan fingerprint density at radius 3 is 2.76 bits per heavy atom. The van der Waals surface area contributed by atoms with Crippen LogP contribution in [0, 0.1) is 11.8 Å². The summed E-state index contributed by atoms with van der Waals surface area (Å²) in [6.07, 6.45) is 5.85. The van der Waals surface area contributed by atoms with Crippen LogP contribution in [0.3, 0.4) is 0 Å². The van der Waals surface area contributed by atoms with E-state index in [-0.39, 0.29) is 23.9 Å². The molecule has 0 unspecified atom stereocenters. The number of hydrogen-bond donors (Lipinski definition) is 3. The number of carbonyl (C=O) groups is 1. The molecule has 5 rings (SSSR count). The third-order valence-corrected chi connectivity index (χ3v) is 7.17. The second kappa shape index (κ2) is 9.76. The first-order valence-corrected chi connectivity index (χ1v) is 12.3. The smallest absolute Gasteiger partial charge is 0.224 e. The molecule has 0 radical (unpaired) electrons. The predicted octanol–water partition coefficient (Wildman–Crippen LogP) is 4.28. The van der Waals surface area contributed by atoms with E-state index in [1.54, 1.807) is 6.20 Å². The molecule has 4 N–H and O–H groups in total. The molecule has 9 nitrogen and oxygen atoms in total. The first-order valence-electron chi connectivity index (χ1n) is 11.9. The van der Waals surface area contributed by atoms with Gasteiger partial charge < -0.3 is 21.1 Å². The van der Waals surface area contributed by atoms with Gasteiger partial charge in [-0.1, -0.05) is 24.6 Å². The Morgan fingerprint density at radius 1 is 1.21 bits per heavy atom. The lowest BCUT2D eigenvalue weighted by Crippen LogP contribution is -2.36. The Bertz CT molecular complexity index is 1180. The summed E-state index contributed by atoms with van der Waals surface area (Å²) in [6.45, 7) is 3.64. The number of benzene rings is 1. The van der Waals surface area contributed by atoms with Crippen LogP contribution >= 0.6 is 11.6 Å². The summed E-state index contributed by atoms with van der Waals surface area (Å²) in [5, 5.41) is 7.56. The number of aromatic nitrogens is 4. The van der Waals surface area contributed by atoms with E-state index in [0.29, 0.717) is 28.4 Å². The molecule has 2 atom stereocenters. The number of amides is 1. The molecule has 180 valence electrons. The second-order valence-corrected chi connectivity index (χ2v) is 9.78. The van der Waals surface area contributed by atoms with Crippen LogP contribution in [0.15, 0.2) is 30.5 Å². The number of primary amides is 1. The van der Waals surface area contributed by atoms with Crippen LogP contribution in [0.5, 0.6) is 0 Å². The number of nitrogens with zero attached hydrogens (tertiary/aromatic N) is 4. The number of carbonyl (C=O) groups excluding carboxylic acids is 1. The van der Waals surface area contributed by atoms with Crippen molar-refractivity contribution in [3.05, 3.63) is 35.5 Å². The summed E-state index contributed by atoms with van der Waals surface area (Å²) in [6, 6.07) is 7.95. The number of fused-ring (bicyclic) bond motifs is 1. The zero-order chi connectivity index (χ0) is 23.7. The van der Waals surface area contributed by atoms with Crippen molar-refractivity contribution in [2.24, 2.45) is 17.6 Å². The van der Waals surface area contributed by atoms with Crippen molar-refractivity contribution in [2.75, 3.05) is 23.8 Å². The molecule has 1 aliphatic carbocycles. The van der Waals surface area contributed by atoms with Crippen molar-refractivity contribution in [2.45, 2.75) is 51.1 Å². The number of halogens is 1. The molecule has 1 aliphatic heterocycles. The SMILES string of the molecule is C[C@@H]1COCC[C@@H]1Nc1ncc2nc(Nc3cccc(Cl)c3)n(C3CCC(C(N)=O)CC3)c2n1. The summed E-state index contributed by atoms with van der Waals surface area (Å²) in [5.74, 6) is 1.36. The minimum Gasteiger partial charge on any atom is -0.381 e. The van der Waals surface area contributed by atoms with Gasteiger partial charge in [-0.2, -0.15) is 4.98 Å². The van der Waals surface area contributed by atoms with Gasteiger partial charge in [-0.25, -0.2) is 9.97 Å². The summed E-state index contributed by atoms with van der Waals surface area (Å²) < 4.78 is 7.71. The van der Waals surface area contributed by atoms with E-state index in [0.717, 1.165) is 56.7 Å². The van der Waals surface area contributed by atoms with Gasteiger partial charge >= 0.3 is 0 Å². The average molecular weight is 484 g/mol. The zero-order valence-electron chi connectivity index (χ0n) is 19.2. The summed E-state index contributed by atoms with van der Waals surface area (Å²) >= 11 is 6.20. The van der Waals surface area contributed by atoms with Crippen LogP contribution < -0.4 is 16.4 Å². The Kier molecular flexibility index (Phi) is 6.56. The highest BCUT2D eigenvalue weighted by Gasteiger charge is 2.29. The van der Waals surface area contributed by atoms with Crippen LogP contribution in [0.2, 0.25) is 5.02 Å². The van der Waals surface area contributed by atoms with E-state index in [2.05, 4.69) is 27.1 Å². The summed E-state index contributed by atoms with van der Waals surface area (Å²) in [4.78, 5) is 25.9. The highest BCUT2D eigenvalue weighted by atomic mass is 35.5. The van der Waals surface area contributed by atoms with Crippen molar-refractivity contribution in [3.63, 3.8) is 0 Å². The monoisotopic (exact) mass is 483 g/mol. The maximum atomic E-state index is 11.7. The highest BCUT2D eigenvalue weighted by Crippen LogP contribution is 2.37. The fourth-order valence-corrected chi connectivity index (χ4v) is 5.16. The van der Waals surface area contributed by atoms with Crippen molar-refractivity contribution < 1.29 is 9.53 Å². The molecule has 2 aromatic heterocycles. The Labute approximate surface area is 203 Å². The summed E-state index contributed by atoms with van der Waals surface area (Å²) in [7, 11) is 0. The second-order valence-electron chi connectivity index (χ2n) is 9.34. The number of nitrogens with one attached hydrogen (secondary N) is 2. The molecule has 0 bridgehead atoms. The van der Waals surface area contributed by atoms with E-state index >= 15 is 0 Å². The van der Waals surface area contributed by atoms with E-state index in [1.165, 1.54) is 0 Å². The number of rotatable bonds is 6. The molecule has 0 spiro atoms. The van der Waals surface area contributed by atoms with Crippen molar-refractivity contribution in [1.82, 2.24) is 19.5 Å². The third-order valence-electron chi connectivity index (χ3n) is 6.93. The lowest BCUT2D eigenvalue weighted by atomic mass is 9.85. The first kappa shape index (κ1) is 22.9. The fourth-order valence-electron chi connectivity index (χ4n) is 4.97. The lowest BCUT2D eigenvalue weighted by molar-refractivity contribution is -0.122. The van der Waals surface area contributed by atoms with Gasteiger partial charge in [0.05, 0.1) is 12.8 Å². The largest absolute Gasteiger partial charge is 0.381 e. The van der Waals surface area contributed by atoms with Gasteiger partial charge in [0.25, 0.3) is 0 Å². The van der Waals surface area contributed by atoms with E-state index < -0.39 is 0 Å². The van der Waals surface area contributed by atoms with E-state index in [4.69, 9.17) is 32.0 Å². The normalized spacial score (nSPS) is 25.2. The van der Waals surface area contributed by atoms with E-state index in [9.17, 15) is 4.79 Å². The van der Waals surface area contributed by atoms with Gasteiger partial charge in [0.15, 0.2) is 5.65 Å². The minimum atomic E-state index is -0.217. The number of hydrogen-bond acceptors (Lipinski definition) is 7. The lowest BCUT2D eigenvalue weighted by Gasteiger charge is -2.30. The van der Waals surface area contributed by atoms with Gasteiger partial charge in [0.2, 0.25) is 17.8 Å². The zero-order valence-corrected chi connectivity index (χ0v) is 20.0. The molecular formula is C24H30ClN7O2. The molecular weight excluding hydrogens is 454 g/mol. The predicted molar refractivity (Wildman–Crippen MR) is 132 cm³/mol. The number of ether oxygens (including phenoxy) is 1. The molecule has 3 aromatic rings. The Hall–Kier alpha value is -2.91. The molecule has 2 fully saturated rings. The topological polar surface area (TPSA) is 120 Å². The molecule has 2 aliphatic rings. The molecule has 1 saturated carbocycles.